The van der Waals surface area contributed by atoms with Crippen molar-refractivity contribution in [3.8, 4) is 0 Å². The van der Waals surface area contributed by atoms with Gasteiger partial charge in [-0.05, 0) is 19.4 Å². The van der Waals surface area contributed by atoms with Crippen molar-refractivity contribution in [1.82, 2.24) is 20.1 Å². The van der Waals surface area contributed by atoms with Crippen molar-refractivity contribution >= 4 is 22.7 Å². The molecule has 2 N–H and O–H groups in total. The molecule has 2 aromatic rings. The van der Waals surface area contributed by atoms with E-state index in [1.165, 1.54) is 0 Å². The second-order valence-corrected chi connectivity index (χ2v) is 6.59. The van der Waals surface area contributed by atoms with E-state index in [1.807, 2.05) is 43.0 Å². The zero-order chi connectivity index (χ0) is 17.8. The summed E-state index contributed by atoms with van der Waals surface area (Å²) >= 11 is 0. The van der Waals surface area contributed by atoms with E-state index in [9.17, 15) is 9.59 Å². The molecule has 6 nitrogen and oxygen atoms in total. The number of amides is 2. The average molecular weight is 342 g/mol. The summed E-state index contributed by atoms with van der Waals surface area (Å²) in [4.78, 5) is 32.1. The van der Waals surface area contributed by atoms with Gasteiger partial charge in [-0.2, -0.15) is 0 Å². The summed E-state index contributed by atoms with van der Waals surface area (Å²) in [5, 5.41) is 3.88. The van der Waals surface area contributed by atoms with Crippen molar-refractivity contribution in [2.75, 3.05) is 39.3 Å². The number of carbonyl (C=O) groups excluding carboxylic acids is 2. The van der Waals surface area contributed by atoms with Crippen LogP contribution < -0.4 is 5.32 Å². The molecule has 0 atom stereocenters. The van der Waals surface area contributed by atoms with Gasteiger partial charge in [0.05, 0.1) is 12.1 Å². The number of nitrogens with zero attached hydrogens (tertiary/aromatic N) is 2. The summed E-state index contributed by atoms with van der Waals surface area (Å²) < 4.78 is 0. The highest BCUT2D eigenvalue weighted by Crippen LogP contribution is 2.23. The van der Waals surface area contributed by atoms with Gasteiger partial charge in [0.1, 0.15) is 0 Å². The molecule has 0 spiro atoms. The first kappa shape index (κ1) is 17.5. The molecule has 0 radical (unpaired) electrons. The zero-order valence-electron chi connectivity index (χ0n) is 15.0. The molecular formula is C19H26N4O2. The molecule has 1 aliphatic heterocycles. The number of aromatic amines is 1. The number of carbonyl (C=O) groups is 2. The molecule has 0 unspecified atom stereocenters. The van der Waals surface area contributed by atoms with Crippen LogP contribution >= 0.6 is 0 Å². The maximum Gasteiger partial charge on any atom is 0.256 e. The molecular weight excluding hydrogens is 316 g/mol. The molecule has 1 aromatic heterocycles. The number of rotatable bonds is 5. The van der Waals surface area contributed by atoms with E-state index in [2.05, 4.69) is 15.2 Å². The van der Waals surface area contributed by atoms with Gasteiger partial charge in [-0.15, -0.1) is 0 Å². The van der Waals surface area contributed by atoms with Crippen LogP contribution in [0.4, 0.5) is 0 Å². The molecule has 1 aromatic carbocycles. The lowest BCUT2D eigenvalue weighted by molar-refractivity contribution is -0.122. The molecule has 1 saturated heterocycles. The normalized spacial score (nSPS) is 15.5. The standard InChI is InChI=1S/C19H26N4O2/c1-3-8-20-17(24)13-22-9-11-23(12-10-22)19(25)18-14(2)21-16-7-5-4-6-15(16)18/h4-7,21H,3,8-13H2,1-2H3,(H,20,24). The lowest BCUT2D eigenvalue weighted by atomic mass is 10.1. The van der Waals surface area contributed by atoms with Crippen LogP contribution in [0.15, 0.2) is 24.3 Å². The number of aryl methyl sites for hydroxylation is 1. The van der Waals surface area contributed by atoms with Crippen molar-refractivity contribution in [2.24, 2.45) is 0 Å². The topological polar surface area (TPSA) is 68.4 Å². The van der Waals surface area contributed by atoms with Crippen LogP contribution in [0.3, 0.4) is 0 Å². The second-order valence-electron chi connectivity index (χ2n) is 6.59. The number of hydrogen-bond donors (Lipinski definition) is 2. The summed E-state index contributed by atoms with van der Waals surface area (Å²) in [6.07, 6.45) is 0.942. The van der Waals surface area contributed by atoms with Crippen LogP contribution in [0.25, 0.3) is 10.9 Å². The highest BCUT2D eigenvalue weighted by Gasteiger charge is 2.26. The second kappa shape index (κ2) is 7.70. The van der Waals surface area contributed by atoms with Gasteiger partial charge in [0.2, 0.25) is 5.91 Å². The van der Waals surface area contributed by atoms with Gasteiger partial charge in [-0.3, -0.25) is 14.5 Å². The fourth-order valence-electron chi connectivity index (χ4n) is 3.34. The van der Waals surface area contributed by atoms with E-state index in [0.717, 1.165) is 48.2 Å². The Hall–Kier alpha value is -2.34. The highest BCUT2D eigenvalue weighted by atomic mass is 16.2. The number of aromatic nitrogens is 1. The molecule has 1 aliphatic rings. The monoisotopic (exact) mass is 342 g/mol. The van der Waals surface area contributed by atoms with Gasteiger partial charge in [0, 0.05) is 49.3 Å². The number of piperazine rings is 1. The Balaban J connectivity index is 1.62. The van der Waals surface area contributed by atoms with Gasteiger partial charge in [-0.25, -0.2) is 0 Å². The van der Waals surface area contributed by atoms with Gasteiger partial charge < -0.3 is 15.2 Å². The number of para-hydroxylation sites is 1. The SMILES string of the molecule is CCCNC(=O)CN1CCN(C(=O)c2c(C)[nH]c3ccccc23)CC1. The molecule has 6 heteroatoms. The number of fused-ring (bicyclic) bond motifs is 1. The third-order valence-corrected chi connectivity index (χ3v) is 4.71. The van der Waals surface area contributed by atoms with E-state index >= 15 is 0 Å². The van der Waals surface area contributed by atoms with Crippen molar-refractivity contribution in [2.45, 2.75) is 20.3 Å². The van der Waals surface area contributed by atoms with Gasteiger partial charge in [0.15, 0.2) is 0 Å². The van der Waals surface area contributed by atoms with Crippen LogP contribution in [0, 0.1) is 6.92 Å². The minimum Gasteiger partial charge on any atom is -0.358 e. The van der Waals surface area contributed by atoms with Crippen molar-refractivity contribution in [3.63, 3.8) is 0 Å². The summed E-state index contributed by atoms with van der Waals surface area (Å²) in [6, 6.07) is 7.90. The van der Waals surface area contributed by atoms with E-state index in [-0.39, 0.29) is 11.8 Å². The maximum absolute atomic E-state index is 13.0. The van der Waals surface area contributed by atoms with Crippen molar-refractivity contribution < 1.29 is 9.59 Å². The lowest BCUT2D eigenvalue weighted by Crippen LogP contribution is -2.51. The summed E-state index contributed by atoms with van der Waals surface area (Å²) in [7, 11) is 0. The third kappa shape index (κ3) is 3.85. The quantitative estimate of drug-likeness (QED) is 0.870. The first-order valence-corrected chi connectivity index (χ1v) is 8.95. The van der Waals surface area contributed by atoms with Crippen LogP contribution in [-0.2, 0) is 4.79 Å². The Bertz CT molecular complexity index is 760. The van der Waals surface area contributed by atoms with Gasteiger partial charge >= 0.3 is 0 Å². The molecule has 0 aliphatic carbocycles. The van der Waals surface area contributed by atoms with Crippen LogP contribution in [0.1, 0.15) is 29.4 Å². The predicted molar refractivity (Wildman–Crippen MR) is 98.7 cm³/mol. The largest absolute Gasteiger partial charge is 0.358 e. The Labute approximate surface area is 148 Å². The van der Waals surface area contributed by atoms with Gasteiger partial charge in [0.25, 0.3) is 5.91 Å². The number of benzene rings is 1. The van der Waals surface area contributed by atoms with E-state index in [4.69, 9.17) is 0 Å². The predicted octanol–water partition coefficient (Wildman–Crippen LogP) is 1.76. The summed E-state index contributed by atoms with van der Waals surface area (Å²) in [6.45, 7) is 7.88. The number of nitrogens with one attached hydrogen (secondary N) is 2. The van der Waals surface area contributed by atoms with Crippen LogP contribution in [0.2, 0.25) is 0 Å². The minimum atomic E-state index is 0.0640. The minimum absolute atomic E-state index is 0.0640. The maximum atomic E-state index is 13.0. The fraction of sp³-hybridized carbons (Fsp3) is 0.474. The summed E-state index contributed by atoms with van der Waals surface area (Å²) in [5.41, 5.74) is 2.67. The Kier molecular flexibility index (Phi) is 5.38. The molecule has 2 amide bonds. The van der Waals surface area contributed by atoms with Gasteiger partial charge in [-0.1, -0.05) is 25.1 Å². The lowest BCUT2D eigenvalue weighted by Gasteiger charge is -2.34. The van der Waals surface area contributed by atoms with Crippen LogP contribution in [-0.4, -0.2) is 65.9 Å². The first-order chi connectivity index (χ1) is 12.1. The Morgan fingerprint density at radius 2 is 1.88 bits per heavy atom. The van der Waals surface area contributed by atoms with E-state index in [0.29, 0.717) is 19.6 Å². The fourth-order valence-corrected chi connectivity index (χ4v) is 3.34. The molecule has 3 rings (SSSR count). The Morgan fingerprint density at radius 3 is 2.60 bits per heavy atom. The number of H-pyrrole nitrogens is 1. The van der Waals surface area contributed by atoms with Crippen molar-refractivity contribution in [1.29, 1.82) is 0 Å². The van der Waals surface area contributed by atoms with Crippen LogP contribution in [0.5, 0.6) is 0 Å². The van der Waals surface area contributed by atoms with E-state index in [1.54, 1.807) is 0 Å². The molecule has 0 saturated carbocycles. The average Bonchev–Trinajstić information content (AvgIpc) is 2.95. The summed E-state index contributed by atoms with van der Waals surface area (Å²) in [5.74, 6) is 0.138. The molecule has 1 fully saturated rings. The smallest absolute Gasteiger partial charge is 0.256 e. The number of hydrogen-bond acceptors (Lipinski definition) is 3. The third-order valence-electron chi connectivity index (χ3n) is 4.71. The molecule has 2 heterocycles. The highest BCUT2D eigenvalue weighted by molar-refractivity contribution is 6.08. The first-order valence-electron chi connectivity index (χ1n) is 8.95. The zero-order valence-corrected chi connectivity index (χ0v) is 15.0. The molecule has 134 valence electrons. The Morgan fingerprint density at radius 1 is 1.16 bits per heavy atom. The molecule has 0 bridgehead atoms. The van der Waals surface area contributed by atoms with E-state index < -0.39 is 0 Å². The molecule has 25 heavy (non-hydrogen) atoms. The van der Waals surface area contributed by atoms with Crippen molar-refractivity contribution in [3.05, 3.63) is 35.5 Å².